The Morgan fingerprint density at radius 2 is 2.17 bits per heavy atom. The molecule has 0 saturated heterocycles. The first kappa shape index (κ1) is 9.25. The number of rotatable bonds is 3. The van der Waals surface area contributed by atoms with Gasteiger partial charge in [0.05, 0.1) is 7.11 Å². The third kappa shape index (κ3) is 2.34. The van der Waals surface area contributed by atoms with E-state index in [1.54, 1.807) is 6.07 Å². The lowest BCUT2D eigenvalue weighted by molar-refractivity contribution is -0.193. The van der Waals surface area contributed by atoms with E-state index >= 15 is 0 Å². The molecule has 1 N–H and O–H groups in total. The van der Waals surface area contributed by atoms with Crippen LogP contribution in [0.5, 0.6) is 0 Å². The van der Waals surface area contributed by atoms with E-state index in [0.29, 0.717) is 5.46 Å². The van der Waals surface area contributed by atoms with E-state index in [1.807, 2.05) is 25.1 Å². The molecule has 0 aliphatic heterocycles. The molecule has 0 unspecified atom stereocenters. The average molecular weight is 166 g/mol. The van der Waals surface area contributed by atoms with Gasteiger partial charge in [-0.25, -0.2) is 0 Å². The Bertz CT molecular complexity index is 252. The molecule has 1 aromatic carbocycles. The molecule has 4 heteroatoms. The van der Waals surface area contributed by atoms with Crippen LogP contribution in [0.2, 0.25) is 0 Å². The van der Waals surface area contributed by atoms with Gasteiger partial charge in [0, 0.05) is 0 Å². The van der Waals surface area contributed by atoms with Crippen LogP contribution in [0.15, 0.2) is 24.3 Å². The normalized spacial score (nSPS) is 9.92. The maximum Gasteiger partial charge on any atom is 0.523 e. The van der Waals surface area contributed by atoms with Gasteiger partial charge in [-0.1, -0.05) is 29.8 Å². The summed E-state index contributed by atoms with van der Waals surface area (Å²) in [5.41, 5.74) is 1.77. The van der Waals surface area contributed by atoms with Crippen molar-refractivity contribution in [2.75, 3.05) is 7.11 Å². The number of aryl methyl sites for hydroxylation is 1. The van der Waals surface area contributed by atoms with Crippen molar-refractivity contribution < 1.29 is 14.7 Å². The highest BCUT2D eigenvalue weighted by molar-refractivity contribution is 6.59. The van der Waals surface area contributed by atoms with Gasteiger partial charge in [-0.2, -0.15) is 0 Å². The SMILES string of the molecule is COOB(O)c1cccc(C)c1. The van der Waals surface area contributed by atoms with E-state index in [-0.39, 0.29) is 0 Å². The van der Waals surface area contributed by atoms with Crippen LogP contribution < -0.4 is 5.46 Å². The lowest BCUT2D eigenvalue weighted by Crippen LogP contribution is -2.33. The largest absolute Gasteiger partial charge is 0.523 e. The maximum absolute atomic E-state index is 9.30. The highest BCUT2D eigenvalue weighted by Gasteiger charge is 2.16. The molecule has 1 aromatic rings. The summed E-state index contributed by atoms with van der Waals surface area (Å²) < 4.78 is 0. The molecular weight excluding hydrogens is 155 g/mol. The van der Waals surface area contributed by atoms with Crippen LogP contribution in [0.4, 0.5) is 0 Å². The number of hydrogen-bond donors (Lipinski definition) is 1. The van der Waals surface area contributed by atoms with Gasteiger partial charge in [0.2, 0.25) is 0 Å². The summed E-state index contributed by atoms with van der Waals surface area (Å²) in [6.07, 6.45) is 0. The molecule has 0 atom stereocenters. The molecule has 0 bridgehead atoms. The van der Waals surface area contributed by atoms with E-state index < -0.39 is 7.12 Å². The zero-order valence-electron chi connectivity index (χ0n) is 7.15. The molecule has 12 heavy (non-hydrogen) atoms. The standard InChI is InChI=1S/C8H11BO3/c1-7-4-3-5-8(6-7)9(10)12-11-2/h3-6,10H,1-2H3. The molecule has 0 spiro atoms. The Morgan fingerprint density at radius 3 is 2.75 bits per heavy atom. The molecule has 0 heterocycles. The van der Waals surface area contributed by atoms with Crippen LogP contribution in [0.1, 0.15) is 5.56 Å². The summed E-state index contributed by atoms with van der Waals surface area (Å²) in [4.78, 5) is 8.89. The summed E-state index contributed by atoms with van der Waals surface area (Å²) in [5, 5.41) is 9.30. The lowest BCUT2D eigenvalue weighted by atomic mass is 9.79. The van der Waals surface area contributed by atoms with Crippen LogP contribution in [0, 0.1) is 6.92 Å². The van der Waals surface area contributed by atoms with Crippen LogP contribution in [0.25, 0.3) is 0 Å². The highest BCUT2D eigenvalue weighted by Crippen LogP contribution is 1.94. The van der Waals surface area contributed by atoms with Gasteiger partial charge in [0.25, 0.3) is 0 Å². The summed E-state index contributed by atoms with van der Waals surface area (Å²) in [6, 6.07) is 7.41. The predicted molar refractivity (Wildman–Crippen MR) is 46.9 cm³/mol. The molecule has 0 aliphatic rings. The summed E-state index contributed by atoms with van der Waals surface area (Å²) in [5.74, 6) is 0. The second-order valence-corrected chi connectivity index (χ2v) is 2.53. The monoisotopic (exact) mass is 166 g/mol. The van der Waals surface area contributed by atoms with Gasteiger partial charge < -0.3 is 5.02 Å². The molecule has 0 amide bonds. The predicted octanol–water partition coefficient (Wildman–Crippen LogP) is 0.261. The zero-order chi connectivity index (χ0) is 8.97. The smallest absolute Gasteiger partial charge is 0.422 e. The van der Waals surface area contributed by atoms with Crippen LogP contribution in [-0.2, 0) is 9.69 Å². The van der Waals surface area contributed by atoms with E-state index in [2.05, 4.69) is 9.69 Å². The molecule has 0 aliphatic carbocycles. The summed E-state index contributed by atoms with van der Waals surface area (Å²) >= 11 is 0. The molecule has 0 radical (unpaired) electrons. The Kier molecular flexibility index (Phi) is 3.28. The first-order valence-electron chi connectivity index (χ1n) is 3.68. The lowest BCUT2D eigenvalue weighted by Gasteiger charge is -2.04. The second-order valence-electron chi connectivity index (χ2n) is 2.53. The molecule has 3 nitrogen and oxygen atoms in total. The van der Waals surface area contributed by atoms with E-state index in [4.69, 9.17) is 0 Å². The molecule has 0 saturated carbocycles. The van der Waals surface area contributed by atoms with Crippen molar-refractivity contribution in [2.45, 2.75) is 6.92 Å². The van der Waals surface area contributed by atoms with Gasteiger partial charge in [-0.05, 0) is 12.4 Å². The average Bonchev–Trinajstić information content (AvgIpc) is 2.05. The van der Waals surface area contributed by atoms with Crippen molar-refractivity contribution >= 4 is 12.6 Å². The Hall–Kier alpha value is -0.835. The van der Waals surface area contributed by atoms with Crippen molar-refractivity contribution in [3.05, 3.63) is 29.8 Å². The van der Waals surface area contributed by atoms with Gasteiger partial charge in [-0.15, -0.1) is 0 Å². The first-order valence-corrected chi connectivity index (χ1v) is 3.68. The van der Waals surface area contributed by atoms with Crippen molar-refractivity contribution in [1.82, 2.24) is 0 Å². The fraction of sp³-hybridized carbons (Fsp3) is 0.250. The van der Waals surface area contributed by atoms with Crippen molar-refractivity contribution in [2.24, 2.45) is 0 Å². The molecule has 1 rings (SSSR count). The van der Waals surface area contributed by atoms with Crippen molar-refractivity contribution in [3.8, 4) is 0 Å². The van der Waals surface area contributed by atoms with Crippen molar-refractivity contribution in [3.63, 3.8) is 0 Å². The summed E-state index contributed by atoms with van der Waals surface area (Å²) in [6.45, 7) is 1.95. The highest BCUT2D eigenvalue weighted by atomic mass is 17.2. The fourth-order valence-electron chi connectivity index (χ4n) is 0.970. The minimum atomic E-state index is -1.00. The Labute approximate surface area is 72.0 Å². The van der Waals surface area contributed by atoms with E-state index in [9.17, 15) is 5.02 Å². The third-order valence-electron chi connectivity index (χ3n) is 1.51. The minimum Gasteiger partial charge on any atom is -0.422 e. The molecule has 64 valence electrons. The molecule has 0 fully saturated rings. The zero-order valence-corrected chi connectivity index (χ0v) is 7.15. The molecule has 0 aromatic heterocycles. The number of benzene rings is 1. The van der Waals surface area contributed by atoms with Gasteiger partial charge in [-0.3, -0.25) is 9.69 Å². The van der Waals surface area contributed by atoms with E-state index in [0.717, 1.165) is 5.56 Å². The third-order valence-corrected chi connectivity index (χ3v) is 1.51. The topological polar surface area (TPSA) is 38.7 Å². The first-order chi connectivity index (χ1) is 5.74. The number of hydrogen-bond acceptors (Lipinski definition) is 3. The fourth-order valence-corrected chi connectivity index (χ4v) is 0.970. The molecular formula is C8H11BO3. The Balaban J connectivity index is 2.73. The van der Waals surface area contributed by atoms with E-state index in [1.165, 1.54) is 7.11 Å². The van der Waals surface area contributed by atoms with Crippen molar-refractivity contribution in [1.29, 1.82) is 0 Å². The van der Waals surface area contributed by atoms with Gasteiger partial charge in [0.15, 0.2) is 0 Å². The minimum absolute atomic E-state index is 0.692. The maximum atomic E-state index is 9.30. The Morgan fingerprint density at radius 1 is 1.42 bits per heavy atom. The summed E-state index contributed by atoms with van der Waals surface area (Å²) in [7, 11) is 0.355. The van der Waals surface area contributed by atoms with Crippen LogP contribution in [-0.4, -0.2) is 19.3 Å². The van der Waals surface area contributed by atoms with Gasteiger partial charge in [0.1, 0.15) is 0 Å². The quantitative estimate of drug-likeness (QED) is 0.397. The van der Waals surface area contributed by atoms with Crippen LogP contribution in [0.3, 0.4) is 0 Å². The van der Waals surface area contributed by atoms with Crippen LogP contribution >= 0.6 is 0 Å². The second kappa shape index (κ2) is 4.26. The van der Waals surface area contributed by atoms with Gasteiger partial charge >= 0.3 is 7.12 Å².